The summed E-state index contributed by atoms with van der Waals surface area (Å²) in [5, 5.41) is 7.75. The molecular formula is C23H28N4O5. The summed E-state index contributed by atoms with van der Waals surface area (Å²) in [4.78, 5) is 38.5. The highest BCUT2D eigenvalue weighted by molar-refractivity contribution is 6.02. The number of fused-ring (bicyclic) bond motifs is 1. The van der Waals surface area contributed by atoms with E-state index in [-0.39, 0.29) is 19.0 Å². The van der Waals surface area contributed by atoms with E-state index >= 15 is 0 Å². The van der Waals surface area contributed by atoms with Crippen LogP contribution in [-0.4, -0.2) is 55.6 Å². The molecule has 2 aromatic carbocycles. The number of rotatable bonds is 7. The van der Waals surface area contributed by atoms with Crippen LogP contribution in [0.3, 0.4) is 0 Å². The van der Waals surface area contributed by atoms with Crippen LogP contribution in [0.25, 0.3) is 0 Å². The predicted molar refractivity (Wildman–Crippen MR) is 121 cm³/mol. The summed E-state index contributed by atoms with van der Waals surface area (Å²) in [5.74, 6) is 0.438. The maximum absolute atomic E-state index is 12.4. The number of benzene rings is 2. The summed E-state index contributed by atoms with van der Waals surface area (Å²) in [6.45, 7) is 6.99. The van der Waals surface area contributed by atoms with Gasteiger partial charge in [-0.05, 0) is 44.2 Å². The smallest absolute Gasteiger partial charge is 0.325 e. The van der Waals surface area contributed by atoms with Crippen molar-refractivity contribution in [3.63, 3.8) is 0 Å². The first-order valence-corrected chi connectivity index (χ1v) is 10.4. The van der Waals surface area contributed by atoms with Crippen molar-refractivity contribution in [3.8, 4) is 11.5 Å². The molecule has 0 aliphatic carbocycles. The van der Waals surface area contributed by atoms with Crippen LogP contribution in [0.4, 0.5) is 16.2 Å². The van der Waals surface area contributed by atoms with Gasteiger partial charge in [-0.3, -0.25) is 19.8 Å². The Labute approximate surface area is 187 Å². The number of ether oxygens (including phenoxy) is 2. The maximum Gasteiger partial charge on any atom is 0.325 e. The molecule has 170 valence electrons. The zero-order chi connectivity index (χ0) is 23.1. The number of hydrogen-bond donors (Lipinski definition) is 3. The van der Waals surface area contributed by atoms with E-state index in [1.165, 1.54) is 0 Å². The van der Waals surface area contributed by atoms with Crippen LogP contribution in [-0.2, 0) is 9.59 Å². The Morgan fingerprint density at radius 2 is 1.62 bits per heavy atom. The first-order valence-electron chi connectivity index (χ1n) is 10.4. The number of imide groups is 1. The second kappa shape index (κ2) is 10.6. The third-order valence-corrected chi connectivity index (χ3v) is 4.89. The van der Waals surface area contributed by atoms with Crippen molar-refractivity contribution in [1.82, 2.24) is 10.2 Å². The molecule has 4 amide bonds. The number of nitrogens with zero attached hydrogens (tertiary/aromatic N) is 1. The van der Waals surface area contributed by atoms with Crippen molar-refractivity contribution in [2.24, 2.45) is 0 Å². The van der Waals surface area contributed by atoms with Gasteiger partial charge in [0, 0.05) is 17.4 Å². The fourth-order valence-electron chi connectivity index (χ4n) is 3.28. The molecule has 0 radical (unpaired) electrons. The van der Waals surface area contributed by atoms with E-state index in [0.717, 1.165) is 11.1 Å². The minimum atomic E-state index is -0.612. The van der Waals surface area contributed by atoms with E-state index in [1.54, 1.807) is 29.2 Å². The molecule has 1 aliphatic rings. The number of urea groups is 1. The van der Waals surface area contributed by atoms with Gasteiger partial charge in [0.1, 0.15) is 13.2 Å². The van der Waals surface area contributed by atoms with Crippen LogP contribution < -0.4 is 25.4 Å². The molecule has 0 unspecified atom stereocenters. The molecule has 0 saturated heterocycles. The van der Waals surface area contributed by atoms with Gasteiger partial charge in [-0.15, -0.1) is 0 Å². The second-order valence-electron chi connectivity index (χ2n) is 7.53. The Hall–Kier alpha value is -3.59. The number of anilines is 2. The molecule has 9 heteroatoms. The Balaban J connectivity index is 1.48. The monoisotopic (exact) mass is 440 g/mol. The van der Waals surface area contributed by atoms with Crippen LogP contribution >= 0.6 is 0 Å². The Morgan fingerprint density at radius 3 is 2.34 bits per heavy atom. The number of carbonyl (C=O) groups is 3. The van der Waals surface area contributed by atoms with Crippen LogP contribution in [0, 0.1) is 13.8 Å². The number of aryl methyl sites for hydroxylation is 2. The quantitative estimate of drug-likeness (QED) is 0.611. The molecule has 0 atom stereocenters. The van der Waals surface area contributed by atoms with E-state index < -0.39 is 11.9 Å². The van der Waals surface area contributed by atoms with Crippen LogP contribution in [0.2, 0.25) is 0 Å². The molecule has 9 nitrogen and oxygen atoms in total. The van der Waals surface area contributed by atoms with Crippen molar-refractivity contribution < 1.29 is 23.9 Å². The zero-order valence-electron chi connectivity index (χ0n) is 18.5. The topological polar surface area (TPSA) is 109 Å². The molecule has 0 spiro atoms. The molecule has 0 aromatic heterocycles. The number of likely N-dealkylation sites (N-methyl/N-ethyl adjacent to an activating group) is 1. The Bertz CT molecular complexity index is 1010. The molecule has 32 heavy (non-hydrogen) atoms. The molecule has 3 N–H and O–H groups in total. The lowest BCUT2D eigenvalue weighted by Crippen LogP contribution is -2.44. The summed E-state index contributed by atoms with van der Waals surface area (Å²) >= 11 is 0. The van der Waals surface area contributed by atoms with Crippen molar-refractivity contribution in [2.75, 3.05) is 43.5 Å². The van der Waals surface area contributed by atoms with E-state index in [2.05, 4.69) is 16.0 Å². The van der Waals surface area contributed by atoms with E-state index in [9.17, 15) is 14.4 Å². The SMILES string of the molecule is CCN(CC(=O)NC(=O)Nc1ccc(C)cc1C)CC(=O)Nc1ccc2c(c1)OCCO2. The molecule has 0 saturated carbocycles. The molecule has 1 heterocycles. The van der Waals surface area contributed by atoms with Crippen molar-refractivity contribution in [3.05, 3.63) is 47.5 Å². The van der Waals surface area contributed by atoms with Gasteiger partial charge in [-0.25, -0.2) is 4.79 Å². The average Bonchev–Trinajstić information content (AvgIpc) is 2.75. The molecule has 3 rings (SSSR count). The van der Waals surface area contributed by atoms with E-state index in [1.807, 2.05) is 32.9 Å². The molecule has 1 aliphatic heterocycles. The van der Waals surface area contributed by atoms with Crippen molar-refractivity contribution >= 4 is 29.2 Å². The van der Waals surface area contributed by atoms with Crippen LogP contribution in [0.5, 0.6) is 11.5 Å². The number of hydrogen-bond acceptors (Lipinski definition) is 6. The van der Waals surface area contributed by atoms with Gasteiger partial charge in [0.25, 0.3) is 0 Å². The molecule has 0 bridgehead atoms. The minimum absolute atomic E-state index is 0.00293. The molecular weight excluding hydrogens is 412 g/mol. The second-order valence-corrected chi connectivity index (χ2v) is 7.53. The van der Waals surface area contributed by atoms with Crippen LogP contribution in [0.1, 0.15) is 18.1 Å². The molecule has 2 aromatic rings. The normalized spacial score (nSPS) is 12.2. The van der Waals surface area contributed by atoms with Gasteiger partial charge in [-0.2, -0.15) is 0 Å². The zero-order valence-corrected chi connectivity index (χ0v) is 18.5. The lowest BCUT2D eigenvalue weighted by atomic mass is 10.1. The third kappa shape index (κ3) is 6.45. The number of carbonyl (C=O) groups excluding carboxylic acids is 3. The van der Waals surface area contributed by atoms with Crippen molar-refractivity contribution in [2.45, 2.75) is 20.8 Å². The third-order valence-electron chi connectivity index (χ3n) is 4.89. The summed E-state index contributed by atoms with van der Waals surface area (Å²) in [7, 11) is 0. The lowest BCUT2D eigenvalue weighted by molar-refractivity contribution is -0.122. The van der Waals surface area contributed by atoms with Gasteiger partial charge in [0.05, 0.1) is 13.1 Å². The summed E-state index contributed by atoms with van der Waals surface area (Å²) in [6, 6.07) is 10.2. The maximum atomic E-state index is 12.4. The highest BCUT2D eigenvalue weighted by Gasteiger charge is 2.17. The number of nitrogens with one attached hydrogen (secondary N) is 3. The fraction of sp³-hybridized carbons (Fsp3) is 0.348. The first-order chi connectivity index (χ1) is 15.3. The van der Waals surface area contributed by atoms with E-state index in [4.69, 9.17) is 9.47 Å². The fourth-order valence-corrected chi connectivity index (χ4v) is 3.28. The van der Waals surface area contributed by atoms with Gasteiger partial charge in [0.2, 0.25) is 11.8 Å². The van der Waals surface area contributed by atoms with Gasteiger partial charge in [-0.1, -0.05) is 24.6 Å². The highest BCUT2D eigenvalue weighted by atomic mass is 16.6. The minimum Gasteiger partial charge on any atom is -0.486 e. The largest absolute Gasteiger partial charge is 0.486 e. The van der Waals surface area contributed by atoms with Gasteiger partial charge in [0.15, 0.2) is 11.5 Å². The van der Waals surface area contributed by atoms with E-state index in [0.29, 0.717) is 42.6 Å². The Morgan fingerprint density at radius 1 is 0.906 bits per heavy atom. The van der Waals surface area contributed by atoms with Crippen LogP contribution in [0.15, 0.2) is 36.4 Å². The van der Waals surface area contributed by atoms with Gasteiger partial charge >= 0.3 is 6.03 Å². The standard InChI is InChI=1S/C23H28N4O5/c1-4-27(13-21(28)24-17-6-8-19-20(12-17)32-10-9-31-19)14-22(29)26-23(30)25-18-7-5-15(2)11-16(18)3/h5-8,11-12H,4,9-10,13-14H2,1-3H3,(H,24,28)(H2,25,26,29,30). The summed E-state index contributed by atoms with van der Waals surface area (Å²) in [6.07, 6.45) is 0. The molecule has 0 fully saturated rings. The first kappa shape index (κ1) is 23.1. The summed E-state index contributed by atoms with van der Waals surface area (Å²) in [5.41, 5.74) is 3.19. The predicted octanol–water partition coefficient (Wildman–Crippen LogP) is 2.68. The highest BCUT2D eigenvalue weighted by Crippen LogP contribution is 2.32. The summed E-state index contributed by atoms with van der Waals surface area (Å²) < 4.78 is 11.0. The van der Waals surface area contributed by atoms with Gasteiger partial charge < -0.3 is 20.1 Å². The number of amides is 4. The lowest BCUT2D eigenvalue weighted by Gasteiger charge is -2.21. The average molecular weight is 441 g/mol. The Kier molecular flexibility index (Phi) is 7.67. The van der Waals surface area contributed by atoms with Crippen molar-refractivity contribution in [1.29, 1.82) is 0 Å².